The van der Waals surface area contributed by atoms with Crippen LogP contribution < -0.4 is 4.90 Å². The fourth-order valence-electron chi connectivity index (χ4n) is 1.39. The minimum Gasteiger partial charge on any atom is -0.298 e. The molecule has 0 bridgehead atoms. The van der Waals surface area contributed by atoms with Crippen molar-refractivity contribution in [2.45, 2.75) is 11.2 Å². The number of aromatic nitrogens is 2. The van der Waals surface area contributed by atoms with Crippen LogP contribution in [0.15, 0.2) is 12.4 Å². The zero-order chi connectivity index (χ0) is 10.8. The summed E-state index contributed by atoms with van der Waals surface area (Å²) in [5.74, 6) is 0.350. The molecule has 5 nitrogen and oxygen atoms in total. The number of rotatable bonds is 2. The number of carbonyl (C=O) groups is 2. The van der Waals surface area contributed by atoms with E-state index in [1.807, 2.05) is 0 Å². The molecule has 2 rings (SSSR count). The van der Waals surface area contributed by atoms with Gasteiger partial charge in [0.1, 0.15) is 0 Å². The minimum absolute atomic E-state index is 0.00396. The van der Waals surface area contributed by atoms with Gasteiger partial charge in [0.2, 0.25) is 11.9 Å². The van der Waals surface area contributed by atoms with Crippen molar-refractivity contribution in [1.29, 1.82) is 0 Å². The van der Waals surface area contributed by atoms with Crippen molar-refractivity contribution in [3.8, 4) is 0 Å². The molecule has 78 valence electrons. The first-order valence-corrected chi connectivity index (χ1v) is 5.34. The maximum atomic E-state index is 11.5. The maximum absolute atomic E-state index is 11.5. The van der Waals surface area contributed by atoms with E-state index >= 15 is 0 Å². The van der Waals surface area contributed by atoms with Gasteiger partial charge in [-0.05, 0) is 0 Å². The van der Waals surface area contributed by atoms with Crippen LogP contribution in [-0.2, 0) is 4.79 Å². The predicted octanol–water partition coefficient (Wildman–Crippen LogP) is 0.789. The van der Waals surface area contributed by atoms with Crippen LogP contribution in [0.2, 0.25) is 0 Å². The molecule has 0 spiro atoms. The van der Waals surface area contributed by atoms with Crippen LogP contribution in [0.4, 0.5) is 5.95 Å². The molecule has 1 fully saturated rings. The zero-order valence-electron chi connectivity index (χ0n) is 7.76. The van der Waals surface area contributed by atoms with Crippen LogP contribution in [0.25, 0.3) is 0 Å². The van der Waals surface area contributed by atoms with Crippen molar-refractivity contribution in [3.63, 3.8) is 0 Å². The fraction of sp³-hybridized carbons (Fsp3) is 0.333. The molecule has 1 aromatic heterocycles. The van der Waals surface area contributed by atoms with Crippen molar-refractivity contribution in [2.75, 3.05) is 11.4 Å². The molecule has 15 heavy (non-hydrogen) atoms. The summed E-state index contributed by atoms with van der Waals surface area (Å²) in [6, 6.07) is 0. The molecule has 2 heterocycles. The molecule has 1 aliphatic rings. The van der Waals surface area contributed by atoms with Crippen molar-refractivity contribution in [2.24, 2.45) is 0 Å². The number of aldehydes is 1. The van der Waals surface area contributed by atoms with E-state index in [1.54, 1.807) is 0 Å². The Morgan fingerprint density at radius 3 is 2.60 bits per heavy atom. The lowest BCUT2D eigenvalue weighted by Crippen LogP contribution is -2.26. The van der Waals surface area contributed by atoms with Crippen molar-refractivity contribution in [3.05, 3.63) is 18.0 Å². The predicted molar refractivity (Wildman–Crippen MR) is 57.1 cm³/mol. The number of hydrogen-bond donors (Lipinski definition) is 0. The van der Waals surface area contributed by atoms with Crippen LogP contribution >= 0.6 is 15.9 Å². The molecule has 6 heteroatoms. The summed E-state index contributed by atoms with van der Waals surface area (Å²) in [4.78, 5) is 31.5. The molecular formula is C9H8BrN3O2. The third-order valence-corrected chi connectivity index (χ3v) is 2.73. The Labute approximate surface area is 94.6 Å². The van der Waals surface area contributed by atoms with Gasteiger partial charge >= 0.3 is 0 Å². The molecule has 1 saturated heterocycles. The van der Waals surface area contributed by atoms with Gasteiger partial charge < -0.3 is 0 Å². The van der Waals surface area contributed by atoms with E-state index in [9.17, 15) is 9.59 Å². The first-order valence-electron chi connectivity index (χ1n) is 4.42. The highest BCUT2D eigenvalue weighted by molar-refractivity contribution is 9.09. The first kappa shape index (κ1) is 10.2. The van der Waals surface area contributed by atoms with Gasteiger partial charge in [0.05, 0.1) is 5.56 Å². The number of carbonyl (C=O) groups excluding carboxylic acids is 2. The van der Waals surface area contributed by atoms with Crippen molar-refractivity contribution >= 4 is 34.1 Å². The number of nitrogens with zero attached hydrogens (tertiary/aromatic N) is 3. The van der Waals surface area contributed by atoms with Crippen molar-refractivity contribution in [1.82, 2.24) is 9.97 Å². The molecule has 1 aliphatic heterocycles. The van der Waals surface area contributed by atoms with Gasteiger partial charge in [-0.3, -0.25) is 14.5 Å². The van der Waals surface area contributed by atoms with Gasteiger partial charge in [-0.1, -0.05) is 15.9 Å². The SMILES string of the molecule is O=Cc1cnc(N2CC(Br)CC2=O)nc1. The molecule has 1 unspecified atom stereocenters. The second kappa shape index (κ2) is 4.06. The van der Waals surface area contributed by atoms with Gasteiger partial charge in [-0.15, -0.1) is 0 Å². The Balaban J connectivity index is 2.22. The third kappa shape index (κ3) is 2.04. The van der Waals surface area contributed by atoms with E-state index in [0.717, 1.165) is 0 Å². The Kier molecular flexibility index (Phi) is 2.77. The van der Waals surface area contributed by atoms with Gasteiger partial charge in [-0.25, -0.2) is 9.97 Å². The molecule has 0 aliphatic carbocycles. The maximum Gasteiger partial charge on any atom is 0.232 e. The van der Waals surface area contributed by atoms with E-state index in [2.05, 4.69) is 25.9 Å². The summed E-state index contributed by atoms with van der Waals surface area (Å²) in [6.45, 7) is 0.569. The summed E-state index contributed by atoms with van der Waals surface area (Å²) < 4.78 is 0. The molecule has 0 saturated carbocycles. The lowest BCUT2D eigenvalue weighted by Gasteiger charge is -2.12. The molecule has 0 aromatic carbocycles. The number of amides is 1. The van der Waals surface area contributed by atoms with Gasteiger partial charge in [-0.2, -0.15) is 0 Å². The quantitative estimate of drug-likeness (QED) is 0.588. The standard InChI is InChI=1S/C9H8BrN3O2/c10-7-1-8(15)13(4-7)9-11-2-6(5-14)3-12-9/h2-3,5,7H,1,4H2. The number of halogens is 1. The summed E-state index contributed by atoms with van der Waals surface area (Å²) >= 11 is 3.37. The monoisotopic (exact) mass is 269 g/mol. The van der Waals surface area contributed by atoms with Crippen LogP contribution in [-0.4, -0.2) is 33.5 Å². The van der Waals surface area contributed by atoms with Crippen LogP contribution in [0.3, 0.4) is 0 Å². The van der Waals surface area contributed by atoms with E-state index in [0.29, 0.717) is 30.8 Å². The highest BCUT2D eigenvalue weighted by Crippen LogP contribution is 2.21. The fourth-order valence-corrected chi connectivity index (χ4v) is 1.96. The molecule has 0 radical (unpaired) electrons. The Bertz CT molecular complexity index is 393. The summed E-state index contributed by atoms with van der Waals surface area (Å²) in [6.07, 6.45) is 3.94. The minimum atomic E-state index is -0.00396. The third-order valence-electron chi connectivity index (χ3n) is 2.11. The second-order valence-corrected chi connectivity index (χ2v) is 4.53. The molecule has 0 N–H and O–H groups in total. The van der Waals surface area contributed by atoms with E-state index in [-0.39, 0.29) is 10.7 Å². The van der Waals surface area contributed by atoms with Gasteiger partial charge in [0.15, 0.2) is 6.29 Å². The molecule has 1 atom stereocenters. The summed E-state index contributed by atoms with van der Waals surface area (Å²) in [7, 11) is 0. The van der Waals surface area contributed by atoms with Gasteiger partial charge in [0, 0.05) is 30.2 Å². The lowest BCUT2D eigenvalue weighted by molar-refractivity contribution is -0.117. The Morgan fingerprint density at radius 1 is 1.47 bits per heavy atom. The number of hydrogen-bond acceptors (Lipinski definition) is 4. The summed E-state index contributed by atoms with van der Waals surface area (Å²) in [5.41, 5.74) is 0.404. The van der Waals surface area contributed by atoms with Crippen LogP contribution in [0, 0.1) is 0 Å². The highest BCUT2D eigenvalue weighted by atomic mass is 79.9. The normalized spacial score (nSPS) is 20.7. The van der Waals surface area contributed by atoms with Crippen LogP contribution in [0.5, 0.6) is 0 Å². The lowest BCUT2D eigenvalue weighted by atomic mass is 10.4. The largest absolute Gasteiger partial charge is 0.298 e. The molecule has 1 amide bonds. The average molecular weight is 270 g/mol. The number of anilines is 1. The van der Waals surface area contributed by atoms with E-state index in [1.165, 1.54) is 17.3 Å². The smallest absolute Gasteiger partial charge is 0.232 e. The summed E-state index contributed by atoms with van der Waals surface area (Å²) in [5, 5.41) is 0. The van der Waals surface area contributed by atoms with Crippen molar-refractivity contribution < 1.29 is 9.59 Å². The van der Waals surface area contributed by atoms with E-state index < -0.39 is 0 Å². The second-order valence-electron chi connectivity index (χ2n) is 3.24. The van der Waals surface area contributed by atoms with Gasteiger partial charge in [0.25, 0.3) is 0 Å². The zero-order valence-corrected chi connectivity index (χ0v) is 9.35. The highest BCUT2D eigenvalue weighted by Gasteiger charge is 2.30. The molecular weight excluding hydrogens is 262 g/mol. The number of alkyl halides is 1. The Morgan fingerprint density at radius 2 is 2.13 bits per heavy atom. The average Bonchev–Trinajstić information content (AvgIpc) is 2.58. The topological polar surface area (TPSA) is 63.2 Å². The molecule has 1 aromatic rings. The van der Waals surface area contributed by atoms with E-state index in [4.69, 9.17) is 0 Å². The first-order chi connectivity index (χ1) is 7.20. The van der Waals surface area contributed by atoms with Crippen LogP contribution in [0.1, 0.15) is 16.8 Å². The Hall–Kier alpha value is -1.30.